The van der Waals surface area contributed by atoms with E-state index in [1.165, 1.54) is 13.3 Å². The number of carbonyl (C=O) groups excluding carboxylic acids is 1. The van der Waals surface area contributed by atoms with Crippen LogP contribution >= 0.6 is 11.6 Å². The third-order valence-electron chi connectivity index (χ3n) is 2.64. The molecule has 0 bridgehead atoms. The fourth-order valence-electron chi connectivity index (χ4n) is 1.45. The Kier molecular flexibility index (Phi) is 4.34. The van der Waals surface area contributed by atoms with Gasteiger partial charge in [-0.2, -0.15) is 5.10 Å². The number of halogens is 1. The van der Waals surface area contributed by atoms with Crippen LogP contribution in [0.25, 0.3) is 0 Å². The molecule has 0 fully saturated rings. The fourth-order valence-corrected chi connectivity index (χ4v) is 1.58. The molecule has 0 atom stereocenters. The highest BCUT2D eigenvalue weighted by molar-refractivity contribution is 6.30. The summed E-state index contributed by atoms with van der Waals surface area (Å²) >= 11 is 5.74. The lowest BCUT2D eigenvalue weighted by molar-refractivity contribution is 0.0949. The third kappa shape index (κ3) is 3.67. The number of aromatic amines is 1. The van der Waals surface area contributed by atoms with Crippen molar-refractivity contribution in [3.63, 3.8) is 0 Å². The molecule has 0 radical (unpaired) electrons. The summed E-state index contributed by atoms with van der Waals surface area (Å²) in [4.78, 5) is 36.8. The molecule has 0 spiro atoms. The number of hydrogen-bond acceptors (Lipinski definition) is 4. The number of aromatic nitrogens is 2. The minimum atomic E-state index is -0.685. The van der Waals surface area contributed by atoms with Crippen molar-refractivity contribution in [3.8, 4) is 0 Å². The number of nitrogens with one attached hydrogen (secondary N) is 2. The van der Waals surface area contributed by atoms with E-state index in [1.807, 2.05) is 0 Å². The summed E-state index contributed by atoms with van der Waals surface area (Å²) in [6, 6.07) is 7.83. The first-order chi connectivity index (χ1) is 9.97. The van der Waals surface area contributed by atoms with E-state index in [2.05, 4.69) is 15.5 Å². The molecule has 7 nitrogen and oxygen atoms in total. The molecule has 1 heterocycles. The van der Waals surface area contributed by atoms with Gasteiger partial charge in [0, 0.05) is 18.1 Å². The predicted octanol–water partition coefficient (Wildman–Crippen LogP) is 0.491. The SMILES string of the molecule is Cn1c(=O)cc(C(=O)NN=Cc2ccc(Cl)cc2)[nH]c1=O. The molecule has 2 aromatic rings. The molecule has 1 amide bonds. The Hall–Kier alpha value is -2.67. The van der Waals surface area contributed by atoms with Crippen molar-refractivity contribution in [1.29, 1.82) is 0 Å². The highest BCUT2D eigenvalue weighted by Gasteiger charge is 2.08. The largest absolute Gasteiger partial charge is 0.328 e. The Morgan fingerprint density at radius 1 is 1.33 bits per heavy atom. The molecule has 1 aromatic heterocycles. The van der Waals surface area contributed by atoms with Gasteiger partial charge in [0.1, 0.15) is 5.69 Å². The lowest BCUT2D eigenvalue weighted by Crippen LogP contribution is -2.35. The Labute approximate surface area is 123 Å². The van der Waals surface area contributed by atoms with Crippen LogP contribution in [0.5, 0.6) is 0 Å². The molecule has 0 aliphatic heterocycles. The first-order valence-electron chi connectivity index (χ1n) is 5.86. The summed E-state index contributed by atoms with van der Waals surface area (Å²) in [5, 5.41) is 4.32. The van der Waals surface area contributed by atoms with Gasteiger partial charge in [0.05, 0.1) is 6.21 Å². The first-order valence-corrected chi connectivity index (χ1v) is 6.24. The average molecular weight is 307 g/mol. The van der Waals surface area contributed by atoms with Gasteiger partial charge >= 0.3 is 5.69 Å². The van der Waals surface area contributed by atoms with E-state index in [4.69, 9.17) is 11.6 Å². The van der Waals surface area contributed by atoms with Gasteiger partial charge in [-0.25, -0.2) is 10.2 Å². The molecule has 2 N–H and O–H groups in total. The molecule has 1 aromatic carbocycles. The van der Waals surface area contributed by atoms with Crippen LogP contribution in [0, 0.1) is 0 Å². The second-order valence-corrected chi connectivity index (χ2v) is 4.57. The van der Waals surface area contributed by atoms with Crippen LogP contribution < -0.4 is 16.7 Å². The molecule has 108 valence electrons. The van der Waals surface area contributed by atoms with E-state index in [0.717, 1.165) is 16.2 Å². The van der Waals surface area contributed by atoms with Gasteiger partial charge in [0.2, 0.25) is 0 Å². The van der Waals surface area contributed by atoms with Crippen LogP contribution in [0.15, 0.2) is 45.0 Å². The van der Waals surface area contributed by atoms with Crippen molar-refractivity contribution >= 4 is 23.7 Å². The molecule has 21 heavy (non-hydrogen) atoms. The minimum Gasteiger partial charge on any atom is -0.302 e. The normalized spacial score (nSPS) is 10.8. The number of carbonyl (C=O) groups is 1. The van der Waals surface area contributed by atoms with E-state index < -0.39 is 17.2 Å². The molecule has 0 saturated heterocycles. The van der Waals surface area contributed by atoms with Crippen molar-refractivity contribution in [2.45, 2.75) is 0 Å². The number of amides is 1. The number of rotatable bonds is 3. The average Bonchev–Trinajstić information content (AvgIpc) is 2.46. The van der Waals surface area contributed by atoms with Gasteiger partial charge in [-0.05, 0) is 17.7 Å². The molecule has 0 unspecified atom stereocenters. The maximum absolute atomic E-state index is 11.7. The smallest absolute Gasteiger partial charge is 0.302 e. The Balaban J connectivity index is 2.10. The molecular formula is C13H11ClN4O3. The fraction of sp³-hybridized carbons (Fsp3) is 0.0769. The first kappa shape index (κ1) is 14.7. The van der Waals surface area contributed by atoms with Crippen LogP contribution in [0.2, 0.25) is 5.02 Å². The van der Waals surface area contributed by atoms with Crippen LogP contribution in [0.1, 0.15) is 16.1 Å². The molecule has 0 aliphatic carbocycles. The highest BCUT2D eigenvalue weighted by atomic mass is 35.5. The van der Waals surface area contributed by atoms with Crippen LogP contribution in [0.3, 0.4) is 0 Å². The predicted molar refractivity (Wildman–Crippen MR) is 78.8 cm³/mol. The van der Waals surface area contributed by atoms with Gasteiger partial charge in [-0.1, -0.05) is 23.7 Å². The Morgan fingerprint density at radius 2 is 2.00 bits per heavy atom. The van der Waals surface area contributed by atoms with Gasteiger partial charge < -0.3 is 4.98 Å². The summed E-state index contributed by atoms with van der Waals surface area (Å²) < 4.78 is 0.855. The summed E-state index contributed by atoms with van der Waals surface area (Å²) in [7, 11) is 1.31. The van der Waals surface area contributed by atoms with Crippen molar-refractivity contribution in [2.75, 3.05) is 0 Å². The molecule has 8 heteroatoms. The molecule has 2 rings (SSSR count). The number of H-pyrrole nitrogens is 1. The van der Waals surface area contributed by atoms with Crippen molar-refractivity contribution in [2.24, 2.45) is 12.1 Å². The number of hydrogen-bond donors (Lipinski definition) is 2. The van der Waals surface area contributed by atoms with Crippen molar-refractivity contribution < 1.29 is 4.79 Å². The summed E-state index contributed by atoms with van der Waals surface area (Å²) in [6.45, 7) is 0. The third-order valence-corrected chi connectivity index (χ3v) is 2.89. The topological polar surface area (TPSA) is 96.3 Å². The van der Waals surface area contributed by atoms with Gasteiger partial charge in [-0.15, -0.1) is 0 Å². The Morgan fingerprint density at radius 3 is 2.62 bits per heavy atom. The molecule has 0 saturated carbocycles. The zero-order valence-corrected chi connectivity index (χ0v) is 11.7. The van der Waals surface area contributed by atoms with Crippen LogP contribution in [-0.4, -0.2) is 21.7 Å². The zero-order valence-electron chi connectivity index (χ0n) is 11.0. The second-order valence-electron chi connectivity index (χ2n) is 4.14. The van der Waals surface area contributed by atoms with Gasteiger partial charge in [-0.3, -0.25) is 14.2 Å². The van der Waals surface area contributed by atoms with Crippen LogP contribution in [0.4, 0.5) is 0 Å². The summed E-state index contributed by atoms with van der Waals surface area (Å²) in [6.07, 6.45) is 1.41. The van der Waals surface area contributed by atoms with Crippen molar-refractivity contribution in [3.05, 3.63) is 67.4 Å². The lowest BCUT2D eigenvalue weighted by atomic mass is 10.2. The van der Waals surface area contributed by atoms with E-state index in [0.29, 0.717) is 5.02 Å². The van der Waals surface area contributed by atoms with Crippen molar-refractivity contribution in [1.82, 2.24) is 15.0 Å². The van der Waals surface area contributed by atoms with E-state index in [1.54, 1.807) is 24.3 Å². The minimum absolute atomic E-state index is 0.156. The maximum Gasteiger partial charge on any atom is 0.328 e. The number of nitrogens with zero attached hydrogens (tertiary/aromatic N) is 2. The Bertz CT molecular complexity index is 774. The maximum atomic E-state index is 11.7. The highest BCUT2D eigenvalue weighted by Crippen LogP contribution is 2.07. The summed E-state index contributed by atoms with van der Waals surface area (Å²) in [5.74, 6) is -0.685. The van der Waals surface area contributed by atoms with Crippen LogP contribution in [-0.2, 0) is 7.05 Å². The number of benzene rings is 1. The number of hydrazone groups is 1. The molecular weight excluding hydrogens is 296 g/mol. The standard InChI is InChI=1S/C13H11ClN4O3/c1-18-11(19)6-10(16-13(18)21)12(20)17-15-7-8-2-4-9(14)5-3-8/h2-7H,1H3,(H,16,21)(H,17,20). The molecule has 0 aliphatic rings. The lowest BCUT2D eigenvalue weighted by Gasteiger charge is -2.01. The van der Waals surface area contributed by atoms with E-state index >= 15 is 0 Å². The quantitative estimate of drug-likeness (QED) is 0.638. The van der Waals surface area contributed by atoms with Gasteiger partial charge in [0.25, 0.3) is 11.5 Å². The van der Waals surface area contributed by atoms with E-state index in [-0.39, 0.29) is 5.69 Å². The zero-order chi connectivity index (χ0) is 15.4. The monoisotopic (exact) mass is 306 g/mol. The van der Waals surface area contributed by atoms with E-state index in [9.17, 15) is 14.4 Å². The second kappa shape index (κ2) is 6.19. The van der Waals surface area contributed by atoms with Gasteiger partial charge in [0.15, 0.2) is 0 Å². The summed E-state index contributed by atoms with van der Waals surface area (Å²) in [5.41, 5.74) is 1.54.